The molecule has 1 heterocycles. The van der Waals surface area contributed by atoms with E-state index < -0.39 is 5.97 Å². The summed E-state index contributed by atoms with van der Waals surface area (Å²) in [6, 6.07) is 4.37. The van der Waals surface area contributed by atoms with E-state index in [0.717, 1.165) is 0 Å². The lowest BCUT2D eigenvalue weighted by Crippen LogP contribution is -2.30. The Morgan fingerprint density at radius 3 is 2.29 bits per heavy atom. The summed E-state index contributed by atoms with van der Waals surface area (Å²) >= 11 is 0. The van der Waals surface area contributed by atoms with Crippen molar-refractivity contribution in [3.05, 3.63) is 29.3 Å². The Balaban J connectivity index is 2.34. The molecule has 1 saturated heterocycles. The van der Waals surface area contributed by atoms with Crippen molar-refractivity contribution in [1.29, 1.82) is 0 Å². The quantitative estimate of drug-likeness (QED) is 0.851. The third-order valence-corrected chi connectivity index (χ3v) is 3.92. The largest absolute Gasteiger partial charge is 0.496 e. The van der Waals surface area contributed by atoms with Gasteiger partial charge in [0.2, 0.25) is 11.8 Å². The van der Waals surface area contributed by atoms with Gasteiger partial charge in [0.1, 0.15) is 5.75 Å². The molecular weight excluding hydrogens is 274 g/mol. The molecule has 1 aliphatic heterocycles. The molecule has 0 bridgehead atoms. The maximum Gasteiger partial charge on any atom is 0.335 e. The molecule has 0 aromatic heterocycles. The first-order valence-corrected chi connectivity index (χ1v) is 6.62. The normalized spacial score (nSPS) is 21.8. The number of aromatic carboxylic acids is 1. The standard InChI is InChI=1S/C15H17NO5/c1-8-9(2)14(18)16(13(8)17)7-11-6-10(15(19)20)4-5-12(11)21-3/h4-6,8-9H,7H2,1-3H3,(H,19,20). The van der Waals surface area contributed by atoms with E-state index in [-0.39, 0.29) is 35.8 Å². The number of carboxylic acid groups (broad SMARTS) is 1. The van der Waals surface area contributed by atoms with Crippen molar-refractivity contribution >= 4 is 17.8 Å². The number of likely N-dealkylation sites (tertiary alicyclic amines) is 1. The molecule has 2 atom stereocenters. The van der Waals surface area contributed by atoms with E-state index in [0.29, 0.717) is 11.3 Å². The van der Waals surface area contributed by atoms with E-state index in [1.54, 1.807) is 13.8 Å². The van der Waals surface area contributed by atoms with Crippen LogP contribution in [0.25, 0.3) is 0 Å². The molecule has 2 unspecified atom stereocenters. The van der Waals surface area contributed by atoms with Gasteiger partial charge in [-0.05, 0) is 18.2 Å². The maximum absolute atomic E-state index is 12.1. The van der Waals surface area contributed by atoms with E-state index in [1.807, 2.05) is 0 Å². The molecule has 6 nitrogen and oxygen atoms in total. The van der Waals surface area contributed by atoms with Crippen LogP contribution >= 0.6 is 0 Å². The molecule has 1 N–H and O–H groups in total. The van der Waals surface area contributed by atoms with Crippen LogP contribution in [-0.2, 0) is 16.1 Å². The van der Waals surface area contributed by atoms with Crippen molar-refractivity contribution in [2.75, 3.05) is 7.11 Å². The minimum atomic E-state index is -1.07. The zero-order valence-electron chi connectivity index (χ0n) is 12.1. The molecular formula is C15H17NO5. The van der Waals surface area contributed by atoms with Crippen molar-refractivity contribution in [3.8, 4) is 5.75 Å². The molecule has 0 radical (unpaired) electrons. The Kier molecular flexibility index (Phi) is 3.97. The van der Waals surface area contributed by atoms with Crippen molar-refractivity contribution in [2.24, 2.45) is 11.8 Å². The summed E-state index contributed by atoms with van der Waals surface area (Å²) in [5, 5.41) is 9.03. The molecule has 0 saturated carbocycles. The number of ether oxygens (including phenoxy) is 1. The lowest BCUT2D eigenvalue weighted by atomic mass is 10.00. The van der Waals surface area contributed by atoms with Gasteiger partial charge in [-0.15, -0.1) is 0 Å². The van der Waals surface area contributed by atoms with Crippen molar-refractivity contribution < 1.29 is 24.2 Å². The molecule has 112 valence electrons. The van der Waals surface area contributed by atoms with Crippen LogP contribution < -0.4 is 4.74 Å². The number of amides is 2. The summed E-state index contributed by atoms with van der Waals surface area (Å²) in [6.45, 7) is 3.46. The molecule has 21 heavy (non-hydrogen) atoms. The van der Waals surface area contributed by atoms with E-state index in [1.165, 1.54) is 30.2 Å². The highest BCUT2D eigenvalue weighted by Crippen LogP contribution is 2.29. The number of carbonyl (C=O) groups is 3. The minimum absolute atomic E-state index is 0.0244. The average Bonchev–Trinajstić information content (AvgIpc) is 2.65. The van der Waals surface area contributed by atoms with Crippen LogP contribution in [0, 0.1) is 11.8 Å². The predicted molar refractivity (Wildman–Crippen MR) is 73.8 cm³/mol. The third-order valence-electron chi connectivity index (χ3n) is 3.92. The number of carbonyl (C=O) groups excluding carboxylic acids is 2. The second-order valence-corrected chi connectivity index (χ2v) is 5.17. The number of hydrogen-bond acceptors (Lipinski definition) is 4. The highest BCUT2D eigenvalue weighted by Gasteiger charge is 2.42. The molecule has 2 rings (SSSR count). The fourth-order valence-corrected chi connectivity index (χ4v) is 2.39. The Hall–Kier alpha value is -2.37. The van der Waals surface area contributed by atoms with Gasteiger partial charge in [-0.25, -0.2) is 4.79 Å². The van der Waals surface area contributed by atoms with Crippen molar-refractivity contribution in [1.82, 2.24) is 4.90 Å². The lowest BCUT2D eigenvalue weighted by molar-refractivity contribution is -0.140. The van der Waals surface area contributed by atoms with Crippen LogP contribution in [0.1, 0.15) is 29.8 Å². The summed E-state index contributed by atoms with van der Waals surface area (Å²) in [5.74, 6) is -1.81. The van der Waals surface area contributed by atoms with Crippen molar-refractivity contribution in [3.63, 3.8) is 0 Å². The molecule has 1 fully saturated rings. The van der Waals surface area contributed by atoms with Gasteiger partial charge in [-0.2, -0.15) is 0 Å². The number of carboxylic acids is 1. The van der Waals surface area contributed by atoms with Gasteiger partial charge in [-0.3, -0.25) is 14.5 Å². The Morgan fingerprint density at radius 2 is 1.81 bits per heavy atom. The number of hydrogen-bond donors (Lipinski definition) is 1. The predicted octanol–water partition coefficient (Wildman–Crippen LogP) is 1.53. The van der Waals surface area contributed by atoms with Crippen LogP contribution in [0.3, 0.4) is 0 Å². The van der Waals surface area contributed by atoms with Crippen LogP contribution in [-0.4, -0.2) is 34.9 Å². The number of rotatable bonds is 4. The first-order chi connectivity index (χ1) is 9.86. The molecule has 1 aromatic rings. The Bertz CT molecular complexity index is 590. The zero-order chi connectivity index (χ0) is 15.7. The SMILES string of the molecule is COc1ccc(C(=O)O)cc1CN1C(=O)C(C)C(C)C1=O. The van der Waals surface area contributed by atoms with E-state index in [9.17, 15) is 14.4 Å². The second-order valence-electron chi connectivity index (χ2n) is 5.17. The van der Waals surface area contributed by atoms with Gasteiger partial charge in [0.15, 0.2) is 0 Å². The molecule has 1 aliphatic rings. The number of benzene rings is 1. The van der Waals surface area contributed by atoms with E-state index in [4.69, 9.17) is 9.84 Å². The third kappa shape index (κ3) is 2.61. The van der Waals surface area contributed by atoms with E-state index >= 15 is 0 Å². The van der Waals surface area contributed by atoms with Crippen LogP contribution in [0.15, 0.2) is 18.2 Å². The highest BCUT2D eigenvalue weighted by molar-refractivity contribution is 6.04. The van der Waals surface area contributed by atoms with Crippen molar-refractivity contribution in [2.45, 2.75) is 20.4 Å². The van der Waals surface area contributed by atoms with Gasteiger partial charge in [0.05, 0.1) is 19.2 Å². The van der Waals surface area contributed by atoms with Gasteiger partial charge < -0.3 is 9.84 Å². The van der Waals surface area contributed by atoms with Gasteiger partial charge in [0, 0.05) is 17.4 Å². The fourth-order valence-electron chi connectivity index (χ4n) is 2.39. The fraction of sp³-hybridized carbons (Fsp3) is 0.400. The summed E-state index contributed by atoms with van der Waals surface area (Å²) < 4.78 is 5.17. The first kappa shape index (κ1) is 15.0. The zero-order valence-corrected chi connectivity index (χ0v) is 12.1. The Labute approximate surface area is 122 Å². The van der Waals surface area contributed by atoms with Crippen LogP contribution in [0.2, 0.25) is 0 Å². The topological polar surface area (TPSA) is 83.9 Å². The van der Waals surface area contributed by atoms with E-state index in [2.05, 4.69) is 0 Å². The smallest absolute Gasteiger partial charge is 0.335 e. The summed E-state index contributed by atoms with van der Waals surface area (Å²) in [4.78, 5) is 36.4. The molecule has 0 aliphatic carbocycles. The molecule has 2 amide bonds. The lowest BCUT2D eigenvalue weighted by Gasteiger charge is -2.17. The minimum Gasteiger partial charge on any atom is -0.496 e. The van der Waals surface area contributed by atoms with Gasteiger partial charge in [0.25, 0.3) is 0 Å². The number of imide groups is 1. The monoisotopic (exact) mass is 291 g/mol. The van der Waals surface area contributed by atoms with Crippen LogP contribution in [0.4, 0.5) is 0 Å². The maximum atomic E-state index is 12.1. The summed E-state index contributed by atoms with van der Waals surface area (Å²) in [5.41, 5.74) is 0.589. The highest BCUT2D eigenvalue weighted by atomic mass is 16.5. The average molecular weight is 291 g/mol. The summed E-state index contributed by atoms with van der Waals surface area (Å²) in [7, 11) is 1.46. The van der Waals surface area contributed by atoms with Gasteiger partial charge in [-0.1, -0.05) is 13.8 Å². The molecule has 1 aromatic carbocycles. The molecule has 6 heteroatoms. The number of nitrogens with zero attached hydrogens (tertiary/aromatic N) is 1. The molecule has 0 spiro atoms. The van der Waals surface area contributed by atoms with Gasteiger partial charge >= 0.3 is 5.97 Å². The summed E-state index contributed by atoms with van der Waals surface area (Å²) in [6.07, 6.45) is 0. The number of methoxy groups -OCH3 is 1. The second kappa shape index (κ2) is 5.55. The Morgan fingerprint density at radius 1 is 1.24 bits per heavy atom. The van der Waals surface area contributed by atoms with Crippen LogP contribution in [0.5, 0.6) is 5.75 Å². The first-order valence-electron chi connectivity index (χ1n) is 6.62.